The third kappa shape index (κ3) is 3.55. The van der Waals surface area contributed by atoms with E-state index < -0.39 is 16.0 Å². The van der Waals surface area contributed by atoms with Gasteiger partial charge in [-0.1, -0.05) is 18.2 Å². The molecule has 1 fully saturated rings. The van der Waals surface area contributed by atoms with Gasteiger partial charge in [-0.25, -0.2) is 8.42 Å². The number of nitriles is 1. The molecule has 1 saturated heterocycles. The van der Waals surface area contributed by atoms with Crippen molar-refractivity contribution in [3.05, 3.63) is 52.3 Å². The molecule has 0 spiro atoms. The fraction of sp³-hybridized carbons (Fsp3) is 0.400. The van der Waals surface area contributed by atoms with E-state index in [2.05, 4.69) is 6.07 Å². The van der Waals surface area contributed by atoms with Crippen molar-refractivity contribution in [3.8, 4) is 6.07 Å². The summed E-state index contributed by atoms with van der Waals surface area (Å²) >= 11 is 0. The highest BCUT2D eigenvalue weighted by Gasteiger charge is 2.29. The molecule has 0 radical (unpaired) electrons. The highest BCUT2D eigenvalue weighted by atomic mass is 32.2. The maximum Gasteiger partial charge on any atom is 0.307 e. The fourth-order valence-corrected chi connectivity index (χ4v) is 5.56. The Morgan fingerprint density at radius 1 is 1.18 bits per heavy atom. The molecule has 0 saturated carbocycles. The molecule has 1 aliphatic rings. The normalized spacial score (nSPS) is 14.9. The van der Waals surface area contributed by atoms with Crippen LogP contribution in [-0.4, -0.2) is 41.5 Å². The predicted molar refractivity (Wildman–Crippen MR) is 103 cm³/mol. The molecule has 1 aromatic carbocycles. The first-order valence-corrected chi connectivity index (χ1v) is 10.6. The molecule has 0 amide bonds. The second-order valence-electron chi connectivity index (χ2n) is 7.01. The monoisotopic (exact) mass is 401 g/mol. The van der Waals surface area contributed by atoms with Gasteiger partial charge in [-0.3, -0.25) is 4.79 Å². The first-order valence-electron chi connectivity index (χ1n) is 9.16. The van der Waals surface area contributed by atoms with Gasteiger partial charge in [0.15, 0.2) is 0 Å². The Morgan fingerprint density at radius 2 is 1.82 bits per heavy atom. The number of rotatable bonds is 6. The van der Waals surface area contributed by atoms with Crippen molar-refractivity contribution < 1.29 is 18.3 Å². The molecular formula is C20H23N3O4S. The predicted octanol–water partition coefficient (Wildman–Crippen LogP) is 2.44. The lowest BCUT2D eigenvalue weighted by atomic mass is 10.1. The Balaban J connectivity index is 2.06. The summed E-state index contributed by atoms with van der Waals surface area (Å²) in [6.07, 6.45) is 1.48. The first kappa shape index (κ1) is 20.1. The average molecular weight is 401 g/mol. The fourth-order valence-electron chi connectivity index (χ4n) is 3.83. The first-order chi connectivity index (χ1) is 13.3. The zero-order valence-corrected chi connectivity index (χ0v) is 16.8. The minimum absolute atomic E-state index is 0.240. The molecule has 7 nitrogen and oxygen atoms in total. The van der Waals surface area contributed by atoms with Gasteiger partial charge in [0.25, 0.3) is 0 Å². The number of aliphatic carboxylic acids is 1. The van der Waals surface area contributed by atoms with Crippen molar-refractivity contribution in [1.29, 1.82) is 5.26 Å². The van der Waals surface area contributed by atoms with Crippen molar-refractivity contribution in [2.75, 3.05) is 13.1 Å². The third-order valence-corrected chi connectivity index (χ3v) is 7.33. The molecule has 0 unspecified atom stereocenters. The van der Waals surface area contributed by atoms with Crippen LogP contribution in [0.5, 0.6) is 0 Å². The summed E-state index contributed by atoms with van der Waals surface area (Å²) in [5.74, 6) is -1.01. The lowest BCUT2D eigenvalue weighted by Crippen LogP contribution is -2.29. The van der Waals surface area contributed by atoms with Crippen LogP contribution < -0.4 is 0 Å². The number of nitrogens with zero attached hydrogens (tertiary/aromatic N) is 3. The van der Waals surface area contributed by atoms with Crippen molar-refractivity contribution in [1.82, 2.24) is 8.87 Å². The van der Waals surface area contributed by atoms with Crippen LogP contribution in [0.4, 0.5) is 0 Å². The van der Waals surface area contributed by atoms with Crippen molar-refractivity contribution >= 4 is 16.0 Å². The zero-order chi connectivity index (χ0) is 20.5. The SMILES string of the molecule is Cc1c(C#N)c(CC(=O)O)c(C)n1Cc1ccccc1S(=O)(=O)N1CCCC1. The summed E-state index contributed by atoms with van der Waals surface area (Å²) in [7, 11) is -3.58. The van der Waals surface area contributed by atoms with E-state index in [0.29, 0.717) is 41.2 Å². The van der Waals surface area contributed by atoms with Crippen LogP contribution in [0.2, 0.25) is 0 Å². The largest absolute Gasteiger partial charge is 0.481 e. The van der Waals surface area contributed by atoms with Crippen LogP contribution in [0.25, 0.3) is 0 Å². The molecule has 2 heterocycles. The van der Waals surface area contributed by atoms with Gasteiger partial charge < -0.3 is 9.67 Å². The quantitative estimate of drug-likeness (QED) is 0.801. The van der Waals surface area contributed by atoms with Gasteiger partial charge in [0.2, 0.25) is 10.0 Å². The topological polar surface area (TPSA) is 103 Å². The van der Waals surface area contributed by atoms with E-state index in [9.17, 15) is 18.5 Å². The van der Waals surface area contributed by atoms with Crippen LogP contribution in [0.15, 0.2) is 29.2 Å². The van der Waals surface area contributed by atoms with E-state index in [4.69, 9.17) is 5.11 Å². The molecule has 0 bridgehead atoms. The number of carboxylic acid groups (broad SMARTS) is 1. The molecule has 1 aromatic heterocycles. The van der Waals surface area contributed by atoms with Crippen molar-refractivity contribution in [3.63, 3.8) is 0 Å². The maximum atomic E-state index is 13.1. The highest BCUT2D eigenvalue weighted by Crippen LogP contribution is 2.28. The molecule has 1 aliphatic heterocycles. The summed E-state index contributed by atoms with van der Waals surface area (Å²) in [5.41, 5.74) is 2.77. The number of hydrogen-bond donors (Lipinski definition) is 1. The van der Waals surface area contributed by atoms with Crippen LogP contribution in [0.1, 0.15) is 40.9 Å². The van der Waals surface area contributed by atoms with E-state index in [1.54, 1.807) is 38.1 Å². The Labute approximate surface area is 164 Å². The van der Waals surface area contributed by atoms with E-state index >= 15 is 0 Å². The van der Waals surface area contributed by atoms with Gasteiger partial charge in [-0.2, -0.15) is 9.57 Å². The number of aromatic nitrogens is 1. The van der Waals surface area contributed by atoms with Gasteiger partial charge in [0, 0.05) is 36.6 Å². The molecule has 8 heteroatoms. The number of sulfonamides is 1. The Bertz CT molecular complexity index is 1060. The average Bonchev–Trinajstić information content (AvgIpc) is 3.26. The Hall–Kier alpha value is -2.63. The lowest BCUT2D eigenvalue weighted by molar-refractivity contribution is -0.136. The molecule has 3 rings (SSSR count). The van der Waals surface area contributed by atoms with Gasteiger partial charge in [-0.15, -0.1) is 0 Å². The minimum Gasteiger partial charge on any atom is -0.481 e. The van der Waals surface area contributed by atoms with Gasteiger partial charge in [-0.05, 0) is 38.3 Å². The zero-order valence-electron chi connectivity index (χ0n) is 16.0. The Morgan fingerprint density at radius 3 is 2.43 bits per heavy atom. The number of carboxylic acids is 1. The number of hydrogen-bond acceptors (Lipinski definition) is 4. The lowest BCUT2D eigenvalue weighted by Gasteiger charge is -2.19. The van der Waals surface area contributed by atoms with E-state index in [-0.39, 0.29) is 17.9 Å². The molecule has 2 aromatic rings. The molecular weight excluding hydrogens is 378 g/mol. The summed E-state index contributed by atoms with van der Waals surface area (Å²) in [4.78, 5) is 11.5. The molecule has 0 aliphatic carbocycles. The van der Waals surface area contributed by atoms with Gasteiger partial charge in [0.1, 0.15) is 6.07 Å². The molecule has 0 atom stereocenters. The molecule has 28 heavy (non-hydrogen) atoms. The minimum atomic E-state index is -3.58. The van der Waals surface area contributed by atoms with Crippen molar-refractivity contribution in [2.24, 2.45) is 0 Å². The smallest absolute Gasteiger partial charge is 0.307 e. The van der Waals surface area contributed by atoms with Crippen LogP contribution in [-0.2, 0) is 27.8 Å². The summed E-state index contributed by atoms with van der Waals surface area (Å²) in [6.45, 7) is 4.84. The molecule has 148 valence electrons. The van der Waals surface area contributed by atoms with Crippen molar-refractivity contribution in [2.45, 2.75) is 44.6 Å². The maximum absolute atomic E-state index is 13.1. The van der Waals surface area contributed by atoms with E-state index in [1.165, 1.54) is 4.31 Å². The Kier molecular flexibility index (Phi) is 5.59. The van der Waals surface area contributed by atoms with E-state index in [0.717, 1.165) is 12.8 Å². The summed E-state index contributed by atoms with van der Waals surface area (Å²) < 4.78 is 29.5. The summed E-state index contributed by atoms with van der Waals surface area (Å²) in [6, 6.07) is 8.97. The highest BCUT2D eigenvalue weighted by molar-refractivity contribution is 7.89. The molecule has 1 N–H and O–H groups in total. The summed E-state index contributed by atoms with van der Waals surface area (Å²) in [5, 5.41) is 18.7. The number of benzene rings is 1. The van der Waals surface area contributed by atoms with Gasteiger partial charge >= 0.3 is 5.97 Å². The third-order valence-electron chi connectivity index (χ3n) is 5.33. The number of carbonyl (C=O) groups is 1. The second-order valence-corrected chi connectivity index (χ2v) is 8.92. The van der Waals surface area contributed by atoms with Crippen LogP contribution in [0, 0.1) is 25.2 Å². The standard InChI is InChI=1S/C20H23N3O4S/c1-14-17(11-20(24)25)18(12-21)15(2)23(14)13-16-7-3-4-8-19(16)28(26,27)22-9-5-6-10-22/h3-4,7-8H,5-6,9-11,13H2,1-2H3,(H,24,25). The second kappa shape index (κ2) is 7.78. The van der Waals surface area contributed by atoms with E-state index in [1.807, 2.05) is 4.57 Å². The van der Waals surface area contributed by atoms with Crippen LogP contribution >= 0.6 is 0 Å². The van der Waals surface area contributed by atoms with Crippen LogP contribution in [0.3, 0.4) is 0 Å². The van der Waals surface area contributed by atoms with Gasteiger partial charge in [0.05, 0.1) is 16.9 Å².